The highest BCUT2D eigenvalue weighted by Crippen LogP contribution is 2.18. The van der Waals surface area contributed by atoms with E-state index < -0.39 is 0 Å². The molecule has 0 spiro atoms. The predicted octanol–water partition coefficient (Wildman–Crippen LogP) is 3.16. The van der Waals surface area contributed by atoms with Crippen molar-refractivity contribution in [2.24, 2.45) is 0 Å². The lowest BCUT2D eigenvalue weighted by molar-refractivity contribution is 0.173. The minimum Gasteiger partial charge on any atom is -0.388 e. The van der Waals surface area contributed by atoms with Crippen molar-refractivity contribution in [2.45, 2.75) is 32.9 Å². The lowest BCUT2D eigenvalue weighted by Crippen LogP contribution is -2.00. The number of nitrogens with zero attached hydrogens (tertiary/aromatic N) is 2. The number of rotatable bonds is 4. The van der Waals surface area contributed by atoms with Crippen LogP contribution in [0.2, 0.25) is 0 Å². The van der Waals surface area contributed by atoms with E-state index in [1.807, 2.05) is 50.5 Å². The van der Waals surface area contributed by atoms with Gasteiger partial charge in [-0.05, 0) is 48.2 Å². The highest BCUT2D eigenvalue weighted by Gasteiger charge is 2.07. The van der Waals surface area contributed by atoms with E-state index in [-0.39, 0.29) is 6.10 Å². The number of hydrogen-bond acceptors (Lipinski definition) is 2. The summed E-state index contributed by atoms with van der Waals surface area (Å²) in [5, 5.41) is 18.6. The number of nitriles is 1. The Labute approximate surface area is 113 Å². The van der Waals surface area contributed by atoms with Gasteiger partial charge in [-0.25, -0.2) is 0 Å². The molecular weight excluding hydrogens is 236 g/mol. The van der Waals surface area contributed by atoms with E-state index in [2.05, 4.69) is 10.6 Å². The lowest BCUT2D eigenvalue weighted by Gasteiger charge is -2.08. The Kier molecular flexibility index (Phi) is 4.03. The maximum Gasteiger partial charge on any atom is 0.0991 e. The maximum absolute atomic E-state index is 9.78. The summed E-state index contributed by atoms with van der Waals surface area (Å²) < 4.78 is 2.06. The van der Waals surface area contributed by atoms with Crippen LogP contribution in [0.4, 0.5) is 0 Å². The average molecular weight is 254 g/mol. The Morgan fingerprint density at radius 3 is 2.79 bits per heavy atom. The van der Waals surface area contributed by atoms with Crippen molar-refractivity contribution in [2.75, 3.05) is 0 Å². The van der Waals surface area contributed by atoms with E-state index in [1.165, 1.54) is 5.56 Å². The minimum atomic E-state index is -0.386. The highest BCUT2D eigenvalue weighted by molar-refractivity contribution is 5.37. The largest absolute Gasteiger partial charge is 0.388 e. The van der Waals surface area contributed by atoms with Gasteiger partial charge >= 0.3 is 0 Å². The van der Waals surface area contributed by atoms with E-state index in [9.17, 15) is 5.11 Å². The molecule has 0 amide bonds. The summed E-state index contributed by atoms with van der Waals surface area (Å²) in [6, 6.07) is 9.83. The smallest absolute Gasteiger partial charge is 0.0991 e. The van der Waals surface area contributed by atoms with Crippen LogP contribution in [-0.2, 0) is 6.54 Å². The van der Waals surface area contributed by atoms with Crippen LogP contribution in [0.25, 0.3) is 0 Å². The molecule has 98 valence electrons. The second-order valence-corrected chi connectivity index (χ2v) is 4.79. The second kappa shape index (κ2) is 5.73. The van der Waals surface area contributed by atoms with E-state index in [4.69, 9.17) is 5.26 Å². The fraction of sp³-hybridized carbons (Fsp3) is 0.312. The van der Waals surface area contributed by atoms with Crippen LogP contribution in [0.5, 0.6) is 0 Å². The third kappa shape index (κ3) is 3.04. The van der Waals surface area contributed by atoms with Gasteiger partial charge in [-0.1, -0.05) is 13.0 Å². The fourth-order valence-corrected chi connectivity index (χ4v) is 2.13. The Morgan fingerprint density at radius 1 is 1.37 bits per heavy atom. The number of aromatic nitrogens is 1. The molecule has 2 rings (SSSR count). The van der Waals surface area contributed by atoms with E-state index in [0.717, 1.165) is 24.1 Å². The topological polar surface area (TPSA) is 49.0 Å². The van der Waals surface area contributed by atoms with Crippen LogP contribution >= 0.6 is 0 Å². The van der Waals surface area contributed by atoms with Crippen molar-refractivity contribution >= 4 is 0 Å². The summed E-state index contributed by atoms with van der Waals surface area (Å²) in [7, 11) is 0. The van der Waals surface area contributed by atoms with Gasteiger partial charge in [-0.15, -0.1) is 0 Å². The molecule has 0 radical (unpaired) electrons. The third-order valence-electron chi connectivity index (χ3n) is 3.37. The van der Waals surface area contributed by atoms with Crippen molar-refractivity contribution in [3.63, 3.8) is 0 Å². The fourth-order valence-electron chi connectivity index (χ4n) is 2.13. The summed E-state index contributed by atoms with van der Waals surface area (Å²) in [6.07, 6.45) is 4.29. The molecule has 1 atom stereocenters. The first-order valence-corrected chi connectivity index (χ1v) is 6.47. The van der Waals surface area contributed by atoms with Gasteiger partial charge in [0.2, 0.25) is 0 Å². The SMILES string of the molecule is CCC(O)c1ccn(Cc2ccc(C#N)cc2C)c1. The van der Waals surface area contributed by atoms with Crippen LogP contribution in [0.1, 0.15) is 41.7 Å². The normalized spacial score (nSPS) is 12.1. The molecule has 0 aliphatic rings. The molecule has 0 saturated carbocycles. The lowest BCUT2D eigenvalue weighted by atomic mass is 10.1. The molecule has 1 unspecified atom stereocenters. The van der Waals surface area contributed by atoms with Crippen molar-refractivity contribution in [1.29, 1.82) is 5.26 Å². The monoisotopic (exact) mass is 254 g/mol. The molecule has 1 aromatic heterocycles. The number of benzene rings is 1. The number of aliphatic hydroxyl groups is 1. The van der Waals surface area contributed by atoms with Crippen molar-refractivity contribution < 1.29 is 5.11 Å². The highest BCUT2D eigenvalue weighted by atomic mass is 16.3. The first kappa shape index (κ1) is 13.4. The Hall–Kier alpha value is -2.05. The molecule has 0 bridgehead atoms. The number of aryl methyl sites for hydroxylation is 1. The number of aliphatic hydroxyl groups excluding tert-OH is 1. The number of hydrogen-bond donors (Lipinski definition) is 1. The molecule has 0 aliphatic heterocycles. The predicted molar refractivity (Wildman–Crippen MR) is 74.7 cm³/mol. The Balaban J connectivity index is 2.17. The Bertz CT molecular complexity index is 607. The van der Waals surface area contributed by atoms with Crippen molar-refractivity contribution in [3.8, 4) is 6.07 Å². The second-order valence-electron chi connectivity index (χ2n) is 4.79. The van der Waals surface area contributed by atoms with Gasteiger partial charge in [0, 0.05) is 18.9 Å². The first-order chi connectivity index (χ1) is 9.13. The standard InChI is InChI=1S/C16H18N2O/c1-3-16(19)15-6-7-18(11-15)10-14-5-4-13(9-17)8-12(14)2/h4-8,11,16,19H,3,10H2,1-2H3. The molecule has 2 aromatic rings. The zero-order valence-corrected chi connectivity index (χ0v) is 11.3. The van der Waals surface area contributed by atoms with Gasteiger partial charge in [0.25, 0.3) is 0 Å². The summed E-state index contributed by atoms with van der Waals surface area (Å²) in [4.78, 5) is 0. The maximum atomic E-state index is 9.78. The van der Waals surface area contributed by atoms with Crippen LogP contribution in [0.3, 0.4) is 0 Å². The average Bonchev–Trinajstić information content (AvgIpc) is 2.88. The molecule has 1 heterocycles. The van der Waals surface area contributed by atoms with Crippen LogP contribution < -0.4 is 0 Å². The molecule has 0 aliphatic carbocycles. The van der Waals surface area contributed by atoms with Crippen LogP contribution in [0, 0.1) is 18.3 Å². The Morgan fingerprint density at radius 2 is 2.16 bits per heavy atom. The van der Waals surface area contributed by atoms with Gasteiger partial charge in [0.1, 0.15) is 0 Å². The van der Waals surface area contributed by atoms with Gasteiger partial charge < -0.3 is 9.67 Å². The zero-order chi connectivity index (χ0) is 13.8. The van der Waals surface area contributed by atoms with Crippen molar-refractivity contribution in [1.82, 2.24) is 4.57 Å². The minimum absolute atomic E-state index is 0.386. The third-order valence-corrected chi connectivity index (χ3v) is 3.37. The van der Waals surface area contributed by atoms with Crippen LogP contribution in [0.15, 0.2) is 36.7 Å². The van der Waals surface area contributed by atoms with Crippen molar-refractivity contribution in [3.05, 3.63) is 58.9 Å². The summed E-state index contributed by atoms with van der Waals surface area (Å²) >= 11 is 0. The first-order valence-electron chi connectivity index (χ1n) is 6.47. The molecule has 1 N–H and O–H groups in total. The molecule has 3 heteroatoms. The van der Waals surface area contributed by atoms with Gasteiger partial charge in [-0.3, -0.25) is 0 Å². The van der Waals surface area contributed by atoms with E-state index >= 15 is 0 Å². The van der Waals surface area contributed by atoms with E-state index in [0.29, 0.717) is 5.56 Å². The quantitative estimate of drug-likeness (QED) is 0.911. The molecular formula is C16H18N2O. The molecule has 0 saturated heterocycles. The van der Waals surface area contributed by atoms with E-state index in [1.54, 1.807) is 0 Å². The molecule has 19 heavy (non-hydrogen) atoms. The van der Waals surface area contributed by atoms with Gasteiger partial charge in [-0.2, -0.15) is 5.26 Å². The van der Waals surface area contributed by atoms with Gasteiger partial charge in [0.05, 0.1) is 17.7 Å². The van der Waals surface area contributed by atoms with Crippen LogP contribution in [-0.4, -0.2) is 9.67 Å². The molecule has 3 nitrogen and oxygen atoms in total. The van der Waals surface area contributed by atoms with Gasteiger partial charge in [0.15, 0.2) is 0 Å². The summed E-state index contributed by atoms with van der Waals surface area (Å²) in [6.45, 7) is 4.74. The molecule has 0 fully saturated rings. The molecule has 1 aromatic carbocycles. The summed E-state index contributed by atoms with van der Waals surface area (Å²) in [5.74, 6) is 0. The zero-order valence-electron chi connectivity index (χ0n) is 11.3. The summed E-state index contributed by atoms with van der Waals surface area (Å²) in [5.41, 5.74) is 3.95.